The van der Waals surface area contributed by atoms with E-state index in [4.69, 9.17) is 4.74 Å². The van der Waals surface area contributed by atoms with Crippen molar-refractivity contribution < 1.29 is 9.84 Å². The predicted molar refractivity (Wildman–Crippen MR) is 68.0 cm³/mol. The third-order valence-electron chi connectivity index (χ3n) is 3.59. The molecular weight excluding hydrogens is 214 g/mol. The Balaban J connectivity index is 1.95. The Bertz CT molecular complexity index is 367. The number of ether oxygens (including phenoxy) is 1. The smallest absolute Gasteiger partial charge is 0.115 e. The van der Waals surface area contributed by atoms with Crippen LogP contribution in [-0.2, 0) is 11.3 Å². The minimum Gasteiger partial charge on any atom is -0.508 e. The van der Waals surface area contributed by atoms with Crippen molar-refractivity contribution in [2.24, 2.45) is 5.92 Å². The van der Waals surface area contributed by atoms with Gasteiger partial charge in [0.25, 0.3) is 0 Å². The lowest BCUT2D eigenvalue weighted by molar-refractivity contribution is -0.00745. The molecule has 1 aromatic rings. The number of aromatic hydroxyl groups is 1. The number of rotatable bonds is 3. The molecule has 0 aromatic heterocycles. The zero-order valence-corrected chi connectivity index (χ0v) is 10.6. The Morgan fingerprint density at radius 3 is 3.00 bits per heavy atom. The van der Waals surface area contributed by atoms with Crippen LogP contribution in [0.4, 0.5) is 0 Å². The Labute approximate surface area is 103 Å². The van der Waals surface area contributed by atoms with Gasteiger partial charge in [0.2, 0.25) is 0 Å². The number of hydrogen-bond donors (Lipinski definition) is 1. The van der Waals surface area contributed by atoms with Crippen molar-refractivity contribution >= 4 is 0 Å². The number of likely N-dealkylation sites (tertiary alicyclic amines) is 1. The second-order valence-corrected chi connectivity index (χ2v) is 4.95. The van der Waals surface area contributed by atoms with Crippen LogP contribution < -0.4 is 0 Å². The van der Waals surface area contributed by atoms with Crippen LogP contribution in [0.25, 0.3) is 0 Å². The molecule has 0 bridgehead atoms. The van der Waals surface area contributed by atoms with Crippen LogP contribution in [0, 0.1) is 5.92 Å². The maximum absolute atomic E-state index is 9.44. The molecule has 2 rings (SSSR count). The molecule has 94 valence electrons. The third-order valence-corrected chi connectivity index (χ3v) is 3.59. The number of piperidine rings is 1. The highest BCUT2D eigenvalue weighted by Crippen LogP contribution is 2.21. The van der Waals surface area contributed by atoms with Crippen LogP contribution in [0.1, 0.15) is 18.9 Å². The first-order valence-electron chi connectivity index (χ1n) is 6.22. The zero-order chi connectivity index (χ0) is 12.3. The highest BCUT2D eigenvalue weighted by Gasteiger charge is 2.25. The maximum Gasteiger partial charge on any atom is 0.115 e. The molecule has 0 radical (unpaired) electrons. The average Bonchev–Trinajstić information content (AvgIpc) is 2.32. The van der Waals surface area contributed by atoms with E-state index in [-0.39, 0.29) is 0 Å². The van der Waals surface area contributed by atoms with Crippen LogP contribution in [-0.4, -0.2) is 36.3 Å². The van der Waals surface area contributed by atoms with Crippen molar-refractivity contribution in [3.8, 4) is 5.75 Å². The van der Waals surface area contributed by atoms with E-state index in [0.717, 1.165) is 25.2 Å². The molecular formula is C14H21NO2. The van der Waals surface area contributed by atoms with Crippen molar-refractivity contribution in [2.75, 3.05) is 20.2 Å². The van der Waals surface area contributed by atoms with Gasteiger partial charge in [-0.1, -0.05) is 19.1 Å². The number of methoxy groups -OCH3 is 1. The molecule has 1 saturated heterocycles. The molecule has 2 unspecified atom stereocenters. The van der Waals surface area contributed by atoms with Crippen LogP contribution in [0.2, 0.25) is 0 Å². The van der Waals surface area contributed by atoms with E-state index in [0.29, 0.717) is 17.8 Å². The lowest BCUT2D eigenvalue weighted by Gasteiger charge is -2.36. The number of hydrogen-bond acceptors (Lipinski definition) is 3. The average molecular weight is 235 g/mol. The summed E-state index contributed by atoms with van der Waals surface area (Å²) in [6, 6.07) is 7.49. The summed E-state index contributed by atoms with van der Waals surface area (Å²) in [5, 5.41) is 9.44. The van der Waals surface area contributed by atoms with E-state index >= 15 is 0 Å². The molecule has 2 atom stereocenters. The fraction of sp³-hybridized carbons (Fsp3) is 0.571. The van der Waals surface area contributed by atoms with Crippen LogP contribution in [0.3, 0.4) is 0 Å². The van der Waals surface area contributed by atoms with Crippen molar-refractivity contribution in [3.05, 3.63) is 29.8 Å². The van der Waals surface area contributed by atoms with Gasteiger partial charge in [0.15, 0.2) is 0 Å². The van der Waals surface area contributed by atoms with Gasteiger partial charge in [0.1, 0.15) is 5.75 Å². The Morgan fingerprint density at radius 2 is 2.29 bits per heavy atom. The van der Waals surface area contributed by atoms with Crippen LogP contribution >= 0.6 is 0 Å². The SMILES string of the molecule is COC1CN(Cc2cccc(O)c2)CCC1C. The molecule has 1 N–H and O–H groups in total. The summed E-state index contributed by atoms with van der Waals surface area (Å²) in [6.07, 6.45) is 1.51. The summed E-state index contributed by atoms with van der Waals surface area (Å²) in [4.78, 5) is 2.39. The lowest BCUT2D eigenvalue weighted by atomic mass is 9.95. The van der Waals surface area contributed by atoms with Gasteiger partial charge in [-0.3, -0.25) is 4.90 Å². The van der Waals surface area contributed by atoms with E-state index < -0.39 is 0 Å². The minimum atomic E-state index is 0.334. The van der Waals surface area contributed by atoms with E-state index in [9.17, 15) is 5.11 Å². The standard InChI is InChI=1S/C14H21NO2/c1-11-6-7-15(10-14(11)17-2)9-12-4-3-5-13(16)8-12/h3-5,8,11,14,16H,6-7,9-10H2,1-2H3. The number of phenols is 1. The minimum absolute atomic E-state index is 0.334. The topological polar surface area (TPSA) is 32.7 Å². The van der Waals surface area contributed by atoms with Gasteiger partial charge in [-0.25, -0.2) is 0 Å². The summed E-state index contributed by atoms with van der Waals surface area (Å²) < 4.78 is 5.50. The molecule has 0 aliphatic carbocycles. The first-order valence-corrected chi connectivity index (χ1v) is 6.22. The van der Waals surface area contributed by atoms with E-state index in [1.54, 1.807) is 13.2 Å². The maximum atomic E-state index is 9.44. The van der Waals surface area contributed by atoms with E-state index in [1.165, 1.54) is 6.42 Å². The molecule has 1 fully saturated rings. The summed E-state index contributed by atoms with van der Waals surface area (Å²) in [6.45, 7) is 5.23. The van der Waals surface area contributed by atoms with Crippen LogP contribution in [0.15, 0.2) is 24.3 Å². The van der Waals surface area contributed by atoms with Gasteiger partial charge in [-0.2, -0.15) is 0 Å². The largest absolute Gasteiger partial charge is 0.508 e. The third kappa shape index (κ3) is 3.20. The molecule has 0 amide bonds. The van der Waals surface area contributed by atoms with Crippen molar-refractivity contribution in [1.82, 2.24) is 4.90 Å². The quantitative estimate of drug-likeness (QED) is 0.872. The number of phenolic OH excluding ortho intramolecular Hbond substituents is 1. The molecule has 1 aliphatic heterocycles. The second-order valence-electron chi connectivity index (χ2n) is 4.95. The van der Waals surface area contributed by atoms with E-state index in [2.05, 4.69) is 17.9 Å². The second kappa shape index (κ2) is 5.52. The molecule has 0 saturated carbocycles. The van der Waals surface area contributed by atoms with Gasteiger partial charge >= 0.3 is 0 Å². The molecule has 3 nitrogen and oxygen atoms in total. The predicted octanol–water partition coefficient (Wildman–Crippen LogP) is 2.25. The van der Waals surface area contributed by atoms with Gasteiger partial charge in [-0.15, -0.1) is 0 Å². The van der Waals surface area contributed by atoms with E-state index in [1.807, 2.05) is 12.1 Å². The van der Waals surface area contributed by atoms with Gasteiger partial charge in [-0.05, 0) is 36.6 Å². The Hall–Kier alpha value is -1.06. The highest BCUT2D eigenvalue weighted by molar-refractivity contribution is 5.27. The normalized spacial score (nSPS) is 26.0. The van der Waals surface area contributed by atoms with Crippen molar-refractivity contribution in [3.63, 3.8) is 0 Å². The molecule has 1 heterocycles. The summed E-state index contributed by atoms with van der Waals surface area (Å²) in [7, 11) is 1.79. The first-order chi connectivity index (χ1) is 8.19. The molecule has 3 heteroatoms. The Kier molecular flexibility index (Phi) is 4.02. The zero-order valence-electron chi connectivity index (χ0n) is 10.6. The monoisotopic (exact) mass is 235 g/mol. The van der Waals surface area contributed by atoms with Gasteiger partial charge in [0.05, 0.1) is 6.10 Å². The van der Waals surface area contributed by atoms with Gasteiger partial charge < -0.3 is 9.84 Å². The summed E-state index contributed by atoms with van der Waals surface area (Å²) in [5.74, 6) is 0.983. The van der Waals surface area contributed by atoms with Crippen LogP contribution in [0.5, 0.6) is 5.75 Å². The number of nitrogens with zero attached hydrogens (tertiary/aromatic N) is 1. The summed E-state index contributed by atoms with van der Waals surface area (Å²) in [5.41, 5.74) is 1.16. The fourth-order valence-corrected chi connectivity index (χ4v) is 2.46. The lowest BCUT2D eigenvalue weighted by Crippen LogP contribution is -2.43. The highest BCUT2D eigenvalue weighted by atomic mass is 16.5. The number of benzene rings is 1. The molecule has 0 spiro atoms. The molecule has 1 aromatic carbocycles. The fourth-order valence-electron chi connectivity index (χ4n) is 2.46. The first kappa shape index (κ1) is 12.4. The molecule has 1 aliphatic rings. The Morgan fingerprint density at radius 1 is 1.47 bits per heavy atom. The van der Waals surface area contributed by atoms with Gasteiger partial charge in [0, 0.05) is 20.2 Å². The van der Waals surface area contributed by atoms with Crippen molar-refractivity contribution in [2.45, 2.75) is 26.0 Å². The summed E-state index contributed by atoms with van der Waals surface area (Å²) >= 11 is 0. The van der Waals surface area contributed by atoms with Crippen molar-refractivity contribution in [1.29, 1.82) is 0 Å². The molecule has 17 heavy (non-hydrogen) atoms.